The highest BCUT2D eigenvalue weighted by molar-refractivity contribution is 7.22. The lowest BCUT2D eigenvalue weighted by atomic mass is 10.2. The van der Waals surface area contributed by atoms with Gasteiger partial charge in [-0.1, -0.05) is 18.2 Å². The second-order valence-electron chi connectivity index (χ2n) is 6.93. The van der Waals surface area contributed by atoms with Gasteiger partial charge < -0.3 is 23.8 Å². The van der Waals surface area contributed by atoms with Crippen molar-refractivity contribution in [1.29, 1.82) is 0 Å². The van der Waals surface area contributed by atoms with Crippen molar-refractivity contribution in [2.75, 3.05) is 45.4 Å². The lowest BCUT2D eigenvalue weighted by Crippen LogP contribution is -2.15. The Labute approximate surface area is 177 Å². The zero-order valence-corrected chi connectivity index (χ0v) is 17.9. The van der Waals surface area contributed by atoms with Gasteiger partial charge in [0.1, 0.15) is 26.4 Å². The number of fused-ring (bicyclic) bond motifs is 2. The van der Waals surface area contributed by atoms with Gasteiger partial charge in [-0.15, -0.1) is 22.7 Å². The van der Waals surface area contributed by atoms with Crippen LogP contribution >= 0.6 is 22.7 Å². The van der Waals surface area contributed by atoms with Crippen LogP contribution in [0.2, 0.25) is 0 Å². The molecule has 5 nitrogen and oxygen atoms in total. The van der Waals surface area contributed by atoms with E-state index in [0.717, 1.165) is 43.2 Å². The Morgan fingerprint density at radius 1 is 0.793 bits per heavy atom. The standard InChI is InChI=1S/C22H21NO4S2/c1-23(2)15-6-3-14(4-7-15)5-8-17-19-20(27-12-11-26-19)22(29-17)21-18-16(13-28-21)24-9-10-25-18/h3-8,13H,9-12H2,1-2H3/b8-5+. The van der Waals surface area contributed by atoms with Gasteiger partial charge in [0.05, 0.1) is 14.6 Å². The third-order valence-corrected chi connectivity index (χ3v) is 6.99. The van der Waals surface area contributed by atoms with Crippen LogP contribution in [-0.4, -0.2) is 40.5 Å². The molecule has 0 aliphatic carbocycles. The summed E-state index contributed by atoms with van der Waals surface area (Å²) >= 11 is 3.28. The van der Waals surface area contributed by atoms with Gasteiger partial charge in [-0.2, -0.15) is 0 Å². The second kappa shape index (κ2) is 7.65. The van der Waals surface area contributed by atoms with Gasteiger partial charge >= 0.3 is 0 Å². The number of rotatable bonds is 4. The molecule has 0 saturated carbocycles. The average molecular weight is 428 g/mol. The van der Waals surface area contributed by atoms with E-state index in [2.05, 4.69) is 41.3 Å². The number of ether oxygens (including phenoxy) is 4. The second-order valence-corrected chi connectivity index (χ2v) is 8.86. The quantitative estimate of drug-likeness (QED) is 0.568. The van der Waals surface area contributed by atoms with Crippen LogP contribution in [0.3, 0.4) is 0 Å². The van der Waals surface area contributed by atoms with Crippen LogP contribution in [-0.2, 0) is 0 Å². The smallest absolute Gasteiger partial charge is 0.181 e. The first-order chi connectivity index (χ1) is 14.2. The van der Waals surface area contributed by atoms with Crippen LogP contribution in [0, 0.1) is 0 Å². The van der Waals surface area contributed by atoms with Crippen LogP contribution in [0.25, 0.3) is 21.9 Å². The summed E-state index contributed by atoms with van der Waals surface area (Å²) in [5.74, 6) is 3.25. The normalized spacial score (nSPS) is 15.0. The lowest BCUT2D eigenvalue weighted by molar-refractivity contribution is 0.171. The van der Waals surface area contributed by atoms with Gasteiger partial charge in [0, 0.05) is 25.2 Å². The molecule has 3 aromatic rings. The summed E-state index contributed by atoms with van der Waals surface area (Å²) in [6.07, 6.45) is 4.21. The van der Waals surface area contributed by atoms with E-state index >= 15 is 0 Å². The Kier molecular flexibility index (Phi) is 4.85. The monoisotopic (exact) mass is 427 g/mol. The highest BCUT2D eigenvalue weighted by Gasteiger charge is 2.29. The fourth-order valence-corrected chi connectivity index (χ4v) is 5.47. The Hall–Kier alpha value is -2.64. The highest BCUT2D eigenvalue weighted by Crippen LogP contribution is 2.56. The summed E-state index contributed by atoms with van der Waals surface area (Å²) in [5.41, 5.74) is 2.32. The predicted octanol–water partition coefficient (Wildman–Crippen LogP) is 5.26. The number of anilines is 1. The van der Waals surface area contributed by atoms with Crippen molar-refractivity contribution in [2.24, 2.45) is 0 Å². The zero-order chi connectivity index (χ0) is 19.8. The molecule has 4 heterocycles. The molecule has 150 valence electrons. The molecule has 2 aliphatic rings. The van der Waals surface area contributed by atoms with Crippen molar-refractivity contribution < 1.29 is 18.9 Å². The first kappa shape index (κ1) is 18.4. The first-order valence-electron chi connectivity index (χ1n) is 9.46. The molecular weight excluding hydrogens is 406 g/mol. The summed E-state index contributed by atoms with van der Waals surface area (Å²) in [7, 11) is 4.08. The molecule has 0 radical (unpaired) electrons. The van der Waals surface area contributed by atoms with E-state index in [1.807, 2.05) is 19.5 Å². The number of hydrogen-bond acceptors (Lipinski definition) is 7. The molecule has 0 fully saturated rings. The lowest BCUT2D eigenvalue weighted by Gasteiger charge is -2.18. The van der Waals surface area contributed by atoms with Crippen LogP contribution < -0.4 is 23.8 Å². The molecule has 0 bridgehead atoms. The minimum atomic E-state index is 0.552. The van der Waals surface area contributed by atoms with Crippen LogP contribution in [0.1, 0.15) is 10.4 Å². The number of thiophene rings is 2. The van der Waals surface area contributed by atoms with E-state index in [-0.39, 0.29) is 0 Å². The van der Waals surface area contributed by atoms with E-state index in [1.54, 1.807) is 22.7 Å². The summed E-state index contributed by atoms with van der Waals surface area (Å²) in [6.45, 7) is 2.27. The summed E-state index contributed by atoms with van der Waals surface area (Å²) in [5, 5.41) is 2.00. The molecule has 0 amide bonds. The number of benzene rings is 1. The van der Waals surface area contributed by atoms with E-state index in [1.165, 1.54) is 5.69 Å². The van der Waals surface area contributed by atoms with Gasteiger partial charge in [-0.25, -0.2) is 0 Å². The summed E-state index contributed by atoms with van der Waals surface area (Å²) < 4.78 is 23.6. The molecule has 2 aliphatic heterocycles. The molecule has 0 N–H and O–H groups in total. The molecule has 0 spiro atoms. The number of nitrogens with zero attached hydrogens (tertiary/aromatic N) is 1. The zero-order valence-electron chi connectivity index (χ0n) is 16.3. The molecule has 7 heteroatoms. The van der Waals surface area contributed by atoms with Gasteiger partial charge in [-0.05, 0) is 23.8 Å². The molecule has 0 saturated heterocycles. The fourth-order valence-electron chi connectivity index (χ4n) is 3.31. The van der Waals surface area contributed by atoms with Gasteiger partial charge in [0.25, 0.3) is 0 Å². The largest absolute Gasteiger partial charge is 0.485 e. The molecule has 0 atom stereocenters. The van der Waals surface area contributed by atoms with E-state index in [9.17, 15) is 0 Å². The Morgan fingerprint density at radius 3 is 2.24 bits per heavy atom. The Balaban J connectivity index is 1.50. The van der Waals surface area contributed by atoms with Crippen molar-refractivity contribution in [1.82, 2.24) is 0 Å². The van der Waals surface area contributed by atoms with Crippen LogP contribution in [0.4, 0.5) is 5.69 Å². The maximum atomic E-state index is 6.00. The third-order valence-electron chi connectivity index (χ3n) is 4.77. The SMILES string of the molecule is CN(C)c1ccc(/C=C/c2sc(-c3scc4c3OCCO4)c3c2OCCO3)cc1. The molecule has 5 rings (SSSR count). The average Bonchev–Trinajstić information content (AvgIpc) is 3.34. The van der Waals surface area contributed by atoms with Gasteiger partial charge in [0.15, 0.2) is 23.0 Å². The van der Waals surface area contributed by atoms with Gasteiger partial charge in [-0.3, -0.25) is 0 Å². The van der Waals surface area contributed by atoms with Crippen LogP contribution in [0.15, 0.2) is 29.6 Å². The van der Waals surface area contributed by atoms with E-state index < -0.39 is 0 Å². The maximum absolute atomic E-state index is 6.00. The third kappa shape index (κ3) is 3.45. The first-order valence-corrected chi connectivity index (χ1v) is 11.2. The maximum Gasteiger partial charge on any atom is 0.181 e. The minimum Gasteiger partial charge on any atom is -0.485 e. The molecule has 2 aromatic heterocycles. The fraction of sp³-hybridized carbons (Fsp3) is 0.273. The Morgan fingerprint density at radius 2 is 1.48 bits per heavy atom. The minimum absolute atomic E-state index is 0.552. The Bertz CT molecular complexity index is 1050. The molecular formula is C22H21NO4S2. The number of hydrogen-bond donors (Lipinski definition) is 0. The summed E-state index contributed by atoms with van der Waals surface area (Å²) in [4.78, 5) is 5.22. The van der Waals surface area contributed by atoms with Crippen molar-refractivity contribution in [3.05, 3.63) is 40.1 Å². The van der Waals surface area contributed by atoms with Crippen molar-refractivity contribution in [2.45, 2.75) is 0 Å². The topological polar surface area (TPSA) is 40.2 Å². The van der Waals surface area contributed by atoms with Gasteiger partial charge in [0.2, 0.25) is 0 Å². The molecule has 1 aromatic carbocycles. The van der Waals surface area contributed by atoms with Crippen molar-refractivity contribution in [3.8, 4) is 32.8 Å². The highest BCUT2D eigenvalue weighted by atomic mass is 32.1. The van der Waals surface area contributed by atoms with Crippen LogP contribution in [0.5, 0.6) is 23.0 Å². The van der Waals surface area contributed by atoms with E-state index in [4.69, 9.17) is 18.9 Å². The van der Waals surface area contributed by atoms with E-state index in [0.29, 0.717) is 26.4 Å². The molecule has 29 heavy (non-hydrogen) atoms. The molecule has 0 unspecified atom stereocenters. The predicted molar refractivity (Wildman–Crippen MR) is 119 cm³/mol. The van der Waals surface area contributed by atoms with Crippen molar-refractivity contribution in [3.63, 3.8) is 0 Å². The summed E-state index contributed by atoms with van der Waals surface area (Å²) in [6, 6.07) is 8.46. The van der Waals surface area contributed by atoms with Crippen molar-refractivity contribution >= 4 is 40.5 Å².